The third-order valence-corrected chi connectivity index (χ3v) is 5.42. The molecule has 1 saturated heterocycles. The minimum Gasteiger partial charge on any atom is -0.360 e. The quantitative estimate of drug-likeness (QED) is 0.797. The van der Waals surface area contributed by atoms with Crippen LogP contribution in [0.1, 0.15) is 58.1 Å². The molecule has 25 heavy (non-hydrogen) atoms. The van der Waals surface area contributed by atoms with Crippen molar-refractivity contribution in [1.82, 2.24) is 15.3 Å². The predicted molar refractivity (Wildman–Crippen MR) is 108 cm³/mol. The fraction of sp³-hybridized carbons (Fsp3) is 0.737. The van der Waals surface area contributed by atoms with Crippen molar-refractivity contribution in [3.05, 3.63) is 11.8 Å². The zero-order valence-electron chi connectivity index (χ0n) is 15.7. The van der Waals surface area contributed by atoms with E-state index in [1.807, 2.05) is 6.92 Å². The van der Waals surface area contributed by atoms with Gasteiger partial charge in [-0.2, -0.15) is 4.98 Å². The van der Waals surface area contributed by atoms with Crippen LogP contribution < -0.4 is 15.5 Å². The molecule has 1 aromatic rings. The molecule has 2 heterocycles. The molecule has 1 aliphatic carbocycles. The van der Waals surface area contributed by atoms with Crippen LogP contribution in [-0.4, -0.2) is 34.2 Å². The first-order valence-electron chi connectivity index (χ1n) is 9.67. The average Bonchev–Trinajstić information content (AvgIpc) is 2.54. The fourth-order valence-electron chi connectivity index (χ4n) is 4.19. The Morgan fingerprint density at radius 1 is 1.12 bits per heavy atom. The number of thiocarbonyl (C=S) groups is 1. The molecule has 0 spiro atoms. The number of nitrogens with zero attached hydrogens (tertiary/aromatic N) is 3. The monoisotopic (exact) mass is 361 g/mol. The Hall–Kier alpha value is -1.43. The number of rotatable bonds is 3. The number of piperidine rings is 1. The standard InChI is InChI=1S/C19H31N5S/c1-13-9-14(2)12-24(11-13)17-10-15(3)20-18(22-17)23-19(25)21-16-7-5-4-6-8-16/h10,13-14,16H,4-9,11-12H2,1-3H3,(H2,20,21,22,23,25)/t13-,14+. The second-order valence-corrected chi connectivity index (χ2v) is 8.38. The van der Waals surface area contributed by atoms with Gasteiger partial charge in [0.15, 0.2) is 5.11 Å². The molecule has 0 radical (unpaired) electrons. The van der Waals surface area contributed by atoms with Crippen LogP contribution in [0.15, 0.2) is 6.07 Å². The Kier molecular flexibility index (Phi) is 6.10. The van der Waals surface area contributed by atoms with Crippen LogP contribution in [0.25, 0.3) is 0 Å². The normalized spacial score (nSPS) is 24.8. The first-order valence-corrected chi connectivity index (χ1v) is 10.1. The molecule has 0 aromatic carbocycles. The first kappa shape index (κ1) is 18.4. The summed E-state index contributed by atoms with van der Waals surface area (Å²) in [5, 5.41) is 7.27. The van der Waals surface area contributed by atoms with E-state index in [0.29, 0.717) is 28.9 Å². The lowest BCUT2D eigenvalue weighted by Crippen LogP contribution is -2.40. The maximum atomic E-state index is 5.48. The van der Waals surface area contributed by atoms with Gasteiger partial charge in [-0.25, -0.2) is 4.98 Å². The number of hydrogen-bond donors (Lipinski definition) is 2. The Balaban J connectivity index is 1.65. The van der Waals surface area contributed by atoms with Crippen LogP contribution in [0, 0.1) is 18.8 Å². The minimum atomic E-state index is 0.488. The van der Waals surface area contributed by atoms with Gasteiger partial charge in [0.1, 0.15) is 5.82 Å². The van der Waals surface area contributed by atoms with E-state index in [-0.39, 0.29) is 0 Å². The summed E-state index contributed by atoms with van der Waals surface area (Å²) in [4.78, 5) is 11.6. The summed E-state index contributed by atoms with van der Waals surface area (Å²) in [6, 6.07) is 2.56. The highest BCUT2D eigenvalue weighted by Crippen LogP contribution is 2.26. The molecular formula is C19H31N5S. The van der Waals surface area contributed by atoms with Gasteiger partial charge in [0.25, 0.3) is 0 Å². The van der Waals surface area contributed by atoms with Gasteiger partial charge < -0.3 is 15.5 Å². The summed E-state index contributed by atoms with van der Waals surface area (Å²) >= 11 is 5.48. The molecule has 2 aliphatic rings. The number of aromatic nitrogens is 2. The topological polar surface area (TPSA) is 53.1 Å². The summed E-state index contributed by atoms with van der Waals surface area (Å²) in [6.07, 6.45) is 7.61. The van der Waals surface area contributed by atoms with Crippen LogP contribution in [0.2, 0.25) is 0 Å². The lowest BCUT2D eigenvalue weighted by atomic mass is 9.92. The van der Waals surface area contributed by atoms with Crippen LogP contribution in [0.4, 0.5) is 11.8 Å². The van der Waals surface area contributed by atoms with E-state index in [2.05, 4.69) is 40.4 Å². The second kappa shape index (κ2) is 8.30. The minimum absolute atomic E-state index is 0.488. The van der Waals surface area contributed by atoms with Crippen molar-refractivity contribution in [2.75, 3.05) is 23.3 Å². The van der Waals surface area contributed by atoms with E-state index < -0.39 is 0 Å². The van der Waals surface area contributed by atoms with Crippen molar-refractivity contribution >= 4 is 29.1 Å². The highest BCUT2D eigenvalue weighted by molar-refractivity contribution is 7.80. The summed E-state index contributed by atoms with van der Waals surface area (Å²) < 4.78 is 0. The molecule has 0 bridgehead atoms. The SMILES string of the molecule is Cc1cc(N2C[C@H](C)C[C@H](C)C2)nc(NC(=S)NC2CCCCC2)n1. The fourth-order valence-corrected chi connectivity index (χ4v) is 4.45. The molecule has 1 aromatic heterocycles. The molecule has 0 amide bonds. The molecule has 138 valence electrons. The Bertz CT molecular complexity index is 589. The van der Waals surface area contributed by atoms with Crippen molar-refractivity contribution in [2.45, 2.75) is 65.3 Å². The van der Waals surface area contributed by atoms with Crippen molar-refractivity contribution in [2.24, 2.45) is 11.8 Å². The smallest absolute Gasteiger partial charge is 0.231 e. The lowest BCUT2D eigenvalue weighted by molar-refractivity contribution is 0.355. The van der Waals surface area contributed by atoms with Crippen LogP contribution in [0.5, 0.6) is 0 Å². The van der Waals surface area contributed by atoms with Gasteiger partial charge in [-0.3, -0.25) is 0 Å². The van der Waals surface area contributed by atoms with E-state index in [0.717, 1.165) is 24.6 Å². The van der Waals surface area contributed by atoms with E-state index in [1.54, 1.807) is 0 Å². The van der Waals surface area contributed by atoms with Gasteiger partial charge in [0.2, 0.25) is 5.95 Å². The average molecular weight is 362 g/mol. The van der Waals surface area contributed by atoms with Crippen molar-refractivity contribution in [3.63, 3.8) is 0 Å². The lowest BCUT2D eigenvalue weighted by Gasteiger charge is -2.36. The van der Waals surface area contributed by atoms with E-state index in [4.69, 9.17) is 17.2 Å². The molecule has 5 nitrogen and oxygen atoms in total. The van der Waals surface area contributed by atoms with Crippen molar-refractivity contribution in [1.29, 1.82) is 0 Å². The maximum absolute atomic E-state index is 5.48. The number of anilines is 2. The molecule has 2 fully saturated rings. The zero-order valence-corrected chi connectivity index (χ0v) is 16.5. The molecule has 1 saturated carbocycles. The largest absolute Gasteiger partial charge is 0.360 e. The van der Waals surface area contributed by atoms with Crippen LogP contribution in [-0.2, 0) is 0 Å². The maximum Gasteiger partial charge on any atom is 0.231 e. The highest BCUT2D eigenvalue weighted by Gasteiger charge is 2.23. The second-order valence-electron chi connectivity index (χ2n) is 7.98. The number of hydrogen-bond acceptors (Lipinski definition) is 4. The molecule has 6 heteroatoms. The first-order chi connectivity index (χ1) is 12.0. The van der Waals surface area contributed by atoms with Crippen LogP contribution >= 0.6 is 12.2 Å². The Morgan fingerprint density at radius 3 is 2.48 bits per heavy atom. The van der Waals surface area contributed by atoms with Gasteiger partial charge in [-0.1, -0.05) is 33.1 Å². The summed E-state index contributed by atoms with van der Waals surface area (Å²) in [5.41, 5.74) is 0.971. The molecule has 2 N–H and O–H groups in total. The zero-order chi connectivity index (χ0) is 17.8. The van der Waals surface area contributed by atoms with Gasteiger partial charge in [0, 0.05) is 30.9 Å². The van der Waals surface area contributed by atoms with Crippen molar-refractivity contribution in [3.8, 4) is 0 Å². The van der Waals surface area contributed by atoms with E-state index >= 15 is 0 Å². The summed E-state index contributed by atoms with van der Waals surface area (Å²) in [5.74, 6) is 3.01. The Labute approximate surface area is 157 Å². The molecule has 0 unspecified atom stereocenters. The molecular weight excluding hydrogens is 330 g/mol. The summed E-state index contributed by atoms with van der Waals surface area (Å²) in [6.45, 7) is 8.78. The molecule has 2 atom stereocenters. The number of nitrogens with one attached hydrogen (secondary N) is 2. The molecule has 1 aliphatic heterocycles. The predicted octanol–water partition coefficient (Wildman–Crippen LogP) is 3.89. The molecule has 3 rings (SSSR count). The summed E-state index contributed by atoms with van der Waals surface area (Å²) in [7, 11) is 0. The Morgan fingerprint density at radius 2 is 1.80 bits per heavy atom. The van der Waals surface area contributed by atoms with Gasteiger partial charge in [-0.05, 0) is 50.2 Å². The van der Waals surface area contributed by atoms with E-state index in [1.165, 1.54) is 38.5 Å². The van der Waals surface area contributed by atoms with Crippen molar-refractivity contribution < 1.29 is 0 Å². The number of aryl methyl sites for hydroxylation is 1. The van der Waals surface area contributed by atoms with E-state index in [9.17, 15) is 0 Å². The van der Waals surface area contributed by atoms with Gasteiger partial charge in [0.05, 0.1) is 0 Å². The van der Waals surface area contributed by atoms with Gasteiger partial charge in [-0.15, -0.1) is 0 Å². The highest BCUT2D eigenvalue weighted by atomic mass is 32.1. The van der Waals surface area contributed by atoms with Gasteiger partial charge >= 0.3 is 0 Å². The van der Waals surface area contributed by atoms with Crippen LogP contribution in [0.3, 0.4) is 0 Å². The third-order valence-electron chi connectivity index (χ3n) is 5.20. The third kappa shape index (κ3) is 5.27.